The van der Waals surface area contributed by atoms with Gasteiger partial charge in [0.2, 0.25) is 11.9 Å². The Labute approximate surface area is 201 Å². The van der Waals surface area contributed by atoms with Gasteiger partial charge in [0.1, 0.15) is 11.6 Å². The number of carbonyl (C=O) groups is 1. The third-order valence-corrected chi connectivity index (χ3v) is 6.58. The van der Waals surface area contributed by atoms with Crippen LogP contribution in [0.3, 0.4) is 0 Å². The monoisotopic (exact) mass is 474 g/mol. The van der Waals surface area contributed by atoms with Crippen LogP contribution in [0.1, 0.15) is 37.7 Å². The molecule has 2 aliphatic heterocycles. The first-order chi connectivity index (χ1) is 16.8. The normalized spacial score (nSPS) is 18.7. The highest BCUT2D eigenvalue weighted by Crippen LogP contribution is 2.30. The van der Waals surface area contributed by atoms with E-state index in [4.69, 9.17) is 0 Å². The van der Waals surface area contributed by atoms with Gasteiger partial charge in [0, 0.05) is 63.2 Å². The topological polar surface area (TPSA) is 127 Å². The van der Waals surface area contributed by atoms with Crippen LogP contribution in [0.5, 0.6) is 0 Å². The van der Waals surface area contributed by atoms with Crippen molar-refractivity contribution < 1.29 is 4.79 Å². The first kappa shape index (κ1) is 22.6. The Morgan fingerprint density at radius 3 is 2.63 bits per heavy atom. The average molecular weight is 475 g/mol. The Hall–Kier alpha value is -4.15. The molecule has 1 saturated heterocycles. The smallest absolute Gasteiger partial charge is 0.332 e. The largest absolute Gasteiger partial charge is 0.338 e. The average Bonchev–Trinajstić information content (AvgIpc) is 3.48. The molecule has 0 spiro atoms. The van der Waals surface area contributed by atoms with Crippen LogP contribution in [0.15, 0.2) is 45.2 Å². The number of pyridine rings is 1. The lowest BCUT2D eigenvalue weighted by Gasteiger charge is -2.21. The second kappa shape index (κ2) is 8.90. The number of carbonyl (C=O) groups excluding carboxylic acids is 1. The van der Waals surface area contributed by atoms with Crippen molar-refractivity contribution in [1.82, 2.24) is 24.1 Å². The fourth-order valence-electron chi connectivity index (χ4n) is 4.62. The molecule has 180 valence electrons. The molecule has 1 unspecified atom stereocenters. The molecule has 0 aromatic carbocycles. The van der Waals surface area contributed by atoms with Gasteiger partial charge in [-0.15, -0.1) is 0 Å². The van der Waals surface area contributed by atoms with Gasteiger partial charge in [0.15, 0.2) is 0 Å². The van der Waals surface area contributed by atoms with Gasteiger partial charge >= 0.3 is 5.69 Å². The van der Waals surface area contributed by atoms with Gasteiger partial charge in [-0.3, -0.25) is 18.7 Å². The quantitative estimate of drug-likeness (QED) is 0.597. The van der Waals surface area contributed by atoms with Crippen molar-refractivity contribution in [1.29, 1.82) is 0 Å². The van der Waals surface area contributed by atoms with Crippen LogP contribution in [-0.2, 0) is 18.9 Å². The first-order valence-electron chi connectivity index (χ1n) is 11.5. The van der Waals surface area contributed by atoms with Crippen LogP contribution in [0.4, 0.5) is 17.6 Å². The van der Waals surface area contributed by atoms with Gasteiger partial charge in [-0.2, -0.15) is 0 Å². The van der Waals surface area contributed by atoms with E-state index in [1.54, 1.807) is 31.6 Å². The molecule has 1 fully saturated rings. The number of hydrogen-bond acceptors (Lipinski definition) is 8. The zero-order chi connectivity index (χ0) is 24.7. The molecule has 3 aromatic rings. The Morgan fingerprint density at radius 2 is 1.91 bits per heavy atom. The molecule has 1 N–H and O–H groups in total. The van der Waals surface area contributed by atoms with Crippen LogP contribution < -0.4 is 21.5 Å². The van der Waals surface area contributed by atoms with Gasteiger partial charge in [-0.25, -0.2) is 24.7 Å². The number of nitrogens with zero attached hydrogens (tertiary/aromatic N) is 7. The molecule has 5 rings (SSSR count). The molecule has 5 heterocycles. The van der Waals surface area contributed by atoms with Crippen molar-refractivity contribution in [3.05, 3.63) is 57.0 Å². The molecule has 2 aliphatic rings. The number of anilines is 2. The van der Waals surface area contributed by atoms with E-state index < -0.39 is 17.2 Å². The Kier molecular flexibility index (Phi) is 5.75. The summed E-state index contributed by atoms with van der Waals surface area (Å²) in [6.45, 7) is 3.13. The van der Waals surface area contributed by atoms with Gasteiger partial charge < -0.3 is 10.2 Å². The van der Waals surface area contributed by atoms with Crippen molar-refractivity contribution >= 4 is 29.7 Å². The maximum atomic E-state index is 12.8. The Balaban J connectivity index is 1.30. The summed E-state index contributed by atoms with van der Waals surface area (Å²) in [7, 11) is 2.97. The second-order valence-corrected chi connectivity index (χ2v) is 8.94. The van der Waals surface area contributed by atoms with E-state index in [1.165, 1.54) is 17.8 Å². The number of amides is 1. The zero-order valence-electron chi connectivity index (χ0n) is 19.8. The van der Waals surface area contributed by atoms with Crippen LogP contribution >= 0.6 is 0 Å². The number of aliphatic imine (C=N–C) groups is 1. The van der Waals surface area contributed by atoms with E-state index >= 15 is 0 Å². The van der Waals surface area contributed by atoms with Crippen LogP contribution in [0.2, 0.25) is 0 Å². The third-order valence-electron chi connectivity index (χ3n) is 6.58. The predicted octanol–water partition coefficient (Wildman–Crippen LogP) is 1.75. The van der Waals surface area contributed by atoms with Crippen molar-refractivity contribution in [3.8, 4) is 11.3 Å². The molecular formula is C24H26N8O3. The maximum Gasteiger partial charge on any atom is 0.332 e. The van der Waals surface area contributed by atoms with E-state index in [-0.39, 0.29) is 12.3 Å². The minimum Gasteiger partial charge on any atom is -0.338 e. The number of hydrogen-bond donors (Lipinski definition) is 1. The highest BCUT2D eigenvalue weighted by Gasteiger charge is 2.29. The maximum absolute atomic E-state index is 12.8. The van der Waals surface area contributed by atoms with Crippen molar-refractivity contribution in [3.63, 3.8) is 0 Å². The molecule has 0 bridgehead atoms. The van der Waals surface area contributed by atoms with Gasteiger partial charge in [0.25, 0.3) is 5.56 Å². The van der Waals surface area contributed by atoms with Crippen molar-refractivity contribution in [2.75, 3.05) is 16.8 Å². The van der Waals surface area contributed by atoms with E-state index in [0.717, 1.165) is 29.5 Å². The highest BCUT2D eigenvalue weighted by atomic mass is 16.2. The van der Waals surface area contributed by atoms with Crippen molar-refractivity contribution in [2.24, 2.45) is 19.1 Å². The molecule has 0 saturated carbocycles. The standard InChI is InChI=1S/C24H26N8O3/c1-14-6-5-9-32(14)23-26-12-16(13-27-23)17-7-4-8-18(28-17)29-19(33)10-15-11-25-21-20(15)22(34)31(3)24(35)30(21)2/h4,7-8,11-15H,5-6,9-10H2,1-3H3,(H,28,29,33)/t14-,15?/m0/s1. The molecule has 2 atom stereocenters. The Morgan fingerprint density at radius 1 is 1.14 bits per heavy atom. The molecule has 0 radical (unpaired) electrons. The van der Waals surface area contributed by atoms with Gasteiger partial charge in [-0.05, 0) is 31.9 Å². The molecule has 11 nitrogen and oxygen atoms in total. The first-order valence-corrected chi connectivity index (χ1v) is 11.5. The number of rotatable bonds is 5. The summed E-state index contributed by atoms with van der Waals surface area (Å²) >= 11 is 0. The minimum atomic E-state index is -0.521. The fourth-order valence-corrected chi connectivity index (χ4v) is 4.62. The number of nitrogens with one attached hydrogen (secondary N) is 1. The van der Waals surface area contributed by atoms with E-state index in [2.05, 4.69) is 37.1 Å². The summed E-state index contributed by atoms with van der Waals surface area (Å²) in [5.41, 5.74) is 0.837. The van der Waals surface area contributed by atoms with E-state index in [1.807, 2.05) is 6.07 Å². The summed E-state index contributed by atoms with van der Waals surface area (Å²) in [6, 6.07) is 5.75. The predicted molar refractivity (Wildman–Crippen MR) is 132 cm³/mol. The lowest BCUT2D eigenvalue weighted by molar-refractivity contribution is -0.116. The van der Waals surface area contributed by atoms with E-state index in [0.29, 0.717) is 34.9 Å². The second-order valence-electron chi connectivity index (χ2n) is 8.94. The molecule has 0 aliphatic carbocycles. The lowest BCUT2D eigenvalue weighted by Crippen LogP contribution is -2.39. The molecular weight excluding hydrogens is 448 g/mol. The van der Waals surface area contributed by atoms with Crippen LogP contribution in [0.25, 0.3) is 11.3 Å². The van der Waals surface area contributed by atoms with Crippen molar-refractivity contribution in [2.45, 2.75) is 38.1 Å². The third kappa shape index (κ3) is 4.13. The summed E-state index contributed by atoms with van der Waals surface area (Å²) in [4.78, 5) is 57.5. The summed E-state index contributed by atoms with van der Waals surface area (Å²) in [6.07, 6.45) is 7.30. The summed E-state index contributed by atoms with van der Waals surface area (Å²) < 4.78 is 2.34. The molecule has 11 heteroatoms. The van der Waals surface area contributed by atoms with Gasteiger partial charge in [0.05, 0.1) is 11.3 Å². The van der Waals surface area contributed by atoms with Crippen LogP contribution in [0, 0.1) is 0 Å². The molecule has 3 aromatic heterocycles. The van der Waals surface area contributed by atoms with E-state index in [9.17, 15) is 14.4 Å². The van der Waals surface area contributed by atoms with Crippen LogP contribution in [-0.4, -0.2) is 48.8 Å². The SMILES string of the molecule is C[C@H]1CCCN1c1ncc(-c2cccc(NC(=O)CC3C=Nc4c3c(=O)n(C)c(=O)n4C)n2)cn1. The van der Waals surface area contributed by atoms with Gasteiger partial charge in [-0.1, -0.05) is 6.07 Å². The minimum absolute atomic E-state index is 0.00167. The summed E-state index contributed by atoms with van der Waals surface area (Å²) in [5.74, 6) is 0.554. The molecule has 35 heavy (non-hydrogen) atoms. The fraction of sp³-hybridized carbons (Fsp3) is 0.375. The summed E-state index contributed by atoms with van der Waals surface area (Å²) in [5, 5.41) is 2.79. The Bertz CT molecular complexity index is 1440. The number of aromatic nitrogens is 5. The lowest BCUT2D eigenvalue weighted by atomic mass is 10.00. The highest BCUT2D eigenvalue weighted by molar-refractivity contribution is 5.94. The number of fused-ring (bicyclic) bond motifs is 1. The zero-order valence-corrected chi connectivity index (χ0v) is 19.8. The molecule has 1 amide bonds.